The molecule has 1 atom stereocenters. The molecule has 0 radical (unpaired) electrons. The van der Waals surface area contributed by atoms with Crippen molar-refractivity contribution in [3.63, 3.8) is 0 Å². The molecular weight excluding hydrogens is 146 g/mol. The molecule has 1 unspecified atom stereocenters. The smallest absolute Gasteiger partial charge is 0.0832 e. The van der Waals surface area contributed by atoms with Crippen LogP contribution in [0.3, 0.4) is 0 Å². The average molecular weight is 153 g/mol. The van der Waals surface area contributed by atoms with Gasteiger partial charge in [0.05, 0.1) is 23.7 Å². The van der Waals surface area contributed by atoms with Crippen molar-refractivity contribution in [1.82, 2.24) is 0 Å². The van der Waals surface area contributed by atoms with Gasteiger partial charge in [0.25, 0.3) is 0 Å². The molecule has 0 rings (SSSR count). The van der Waals surface area contributed by atoms with Crippen LogP contribution in [-0.2, 0) is 3.84 Å². The molecule has 42 valence electrons. The molecule has 5 heteroatoms. The Labute approximate surface area is 50.4 Å². The largest absolute Gasteiger partial charge is 0.400 e. The monoisotopic (exact) mass is 152 g/mol. The lowest BCUT2D eigenvalue weighted by molar-refractivity contribution is 0.399. The topological polar surface area (TPSA) is 29.5 Å². The normalized spacial score (nSPS) is 4.00. The van der Waals surface area contributed by atoms with Gasteiger partial charge in [-0.3, -0.25) is 0 Å². The Hall–Kier alpha value is 0.930. The molecule has 6 heavy (non-hydrogen) atoms. The van der Waals surface area contributed by atoms with E-state index in [1.807, 2.05) is 0 Å². The number of halogens is 2. The zero-order valence-electron chi connectivity index (χ0n) is 3.32. The SMILES string of the molecule is CO.ClOCl.P. The van der Waals surface area contributed by atoms with E-state index in [0.717, 1.165) is 7.11 Å². The van der Waals surface area contributed by atoms with Gasteiger partial charge < -0.3 is 5.11 Å². The van der Waals surface area contributed by atoms with Crippen molar-refractivity contribution in [1.29, 1.82) is 0 Å². The third-order valence-corrected chi connectivity index (χ3v) is 0. The summed E-state index contributed by atoms with van der Waals surface area (Å²) in [7, 11) is 1.00. The Balaban J connectivity index is -0.0000000275. The number of aliphatic hydroxyl groups is 1. The highest BCUT2D eigenvalue weighted by Crippen LogP contribution is 1.78. The molecule has 0 aliphatic carbocycles. The molecule has 0 aromatic heterocycles. The van der Waals surface area contributed by atoms with Crippen LogP contribution in [0.15, 0.2) is 0 Å². The lowest BCUT2D eigenvalue weighted by atomic mass is 11.8. The summed E-state index contributed by atoms with van der Waals surface area (Å²) >= 11 is 8.53. The van der Waals surface area contributed by atoms with E-state index >= 15 is 0 Å². The predicted octanol–water partition coefficient (Wildman–Crippen LogP) is 0.977. The third-order valence-electron chi connectivity index (χ3n) is 0. The van der Waals surface area contributed by atoms with Crippen LogP contribution in [0.25, 0.3) is 0 Å². The molecule has 0 saturated heterocycles. The van der Waals surface area contributed by atoms with Crippen LogP contribution < -0.4 is 0 Å². The first-order chi connectivity index (χ1) is 2.41. The van der Waals surface area contributed by atoms with Crippen LogP contribution in [0, 0.1) is 0 Å². The molecule has 0 aliphatic heterocycles. The van der Waals surface area contributed by atoms with E-state index in [1.54, 1.807) is 0 Å². The standard InChI is InChI=1S/CH4O.Cl2O.H3P/c1-2;1-3-2;/h2H,1H3;;1H3. The Bertz CT molecular complexity index is 11.5. The lowest BCUT2D eigenvalue weighted by Crippen LogP contribution is -1.25. The number of rotatable bonds is 0. The molecule has 0 spiro atoms. The first-order valence-corrected chi connectivity index (χ1v) is 1.37. The van der Waals surface area contributed by atoms with E-state index in [4.69, 9.17) is 5.11 Å². The molecule has 2 nitrogen and oxygen atoms in total. The second-order valence-electron chi connectivity index (χ2n) is 0.0583. The van der Waals surface area contributed by atoms with E-state index in [1.165, 1.54) is 0 Å². The van der Waals surface area contributed by atoms with E-state index in [2.05, 4.69) is 27.6 Å². The van der Waals surface area contributed by atoms with Crippen LogP contribution >= 0.6 is 33.6 Å². The van der Waals surface area contributed by atoms with Crippen LogP contribution in [-0.4, -0.2) is 12.2 Å². The zero-order chi connectivity index (χ0) is 4.71. The van der Waals surface area contributed by atoms with Crippen molar-refractivity contribution in [2.75, 3.05) is 7.11 Å². The average Bonchev–Trinajstić information content (AvgIpc) is 1.46. The summed E-state index contributed by atoms with van der Waals surface area (Å²) in [5, 5.41) is 7.00. The van der Waals surface area contributed by atoms with E-state index < -0.39 is 0 Å². The first kappa shape index (κ1) is 15.8. The van der Waals surface area contributed by atoms with Crippen LogP contribution in [0.1, 0.15) is 0 Å². The summed E-state index contributed by atoms with van der Waals surface area (Å²) < 4.78 is 3.19. The van der Waals surface area contributed by atoms with Gasteiger partial charge in [0.2, 0.25) is 0 Å². The minimum absolute atomic E-state index is 0. The van der Waals surface area contributed by atoms with Gasteiger partial charge in [0, 0.05) is 7.11 Å². The summed E-state index contributed by atoms with van der Waals surface area (Å²) in [6, 6.07) is 0. The second kappa shape index (κ2) is 38.7. The van der Waals surface area contributed by atoms with Crippen molar-refractivity contribution in [2.24, 2.45) is 0 Å². The summed E-state index contributed by atoms with van der Waals surface area (Å²) in [5.41, 5.74) is 0. The fourth-order valence-electron chi connectivity index (χ4n) is 0. The Kier molecular flexibility index (Phi) is 102. The van der Waals surface area contributed by atoms with E-state index in [0.29, 0.717) is 0 Å². The van der Waals surface area contributed by atoms with Crippen molar-refractivity contribution in [2.45, 2.75) is 0 Å². The fourth-order valence-corrected chi connectivity index (χ4v) is 0. The molecular formula is CH7Cl2O2P. The maximum atomic E-state index is 7.00. The molecule has 0 heterocycles. The van der Waals surface area contributed by atoms with Crippen molar-refractivity contribution in [3.8, 4) is 0 Å². The van der Waals surface area contributed by atoms with Gasteiger partial charge in [-0.2, -0.15) is 13.7 Å². The maximum Gasteiger partial charge on any atom is 0.0832 e. The van der Waals surface area contributed by atoms with Gasteiger partial charge in [-0.1, -0.05) is 0 Å². The van der Waals surface area contributed by atoms with Crippen molar-refractivity contribution in [3.05, 3.63) is 0 Å². The maximum absolute atomic E-state index is 7.00. The minimum atomic E-state index is 0. The molecule has 0 aliphatic rings. The summed E-state index contributed by atoms with van der Waals surface area (Å²) in [6.45, 7) is 0. The minimum Gasteiger partial charge on any atom is -0.400 e. The third kappa shape index (κ3) is 88.0. The quantitative estimate of drug-likeness (QED) is 0.525. The Morgan fingerprint density at radius 2 is 1.33 bits per heavy atom. The van der Waals surface area contributed by atoms with Gasteiger partial charge in [-0.05, 0) is 0 Å². The van der Waals surface area contributed by atoms with Gasteiger partial charge in [0.15, 0.2) is 0 Å². The molecule has 0 aromatic carbocycles. The Morgan fingerprint density at radius 3 is 1.33 bits per heavy atom. The Morgan fingerprint density at radius 1 is 1.33 bits per heavy atom. The summed E-state index contributed by atoms with van der Waals surface area (Å²) in [4.78, 5) is 0. The highest BCUT2D eigenvalue weighted by Gasteiger charge is 1.38. The zero-order valence-corrected chi connectivity index (χ0v) is 6.24. The van der Waals surface area contributed by atoms with E-state index in [9.17, 15) is 0 Å². The molecule has 1 N–H and O–H groups in total. The second-order valence-corrected chi connectivity index (χ2v) is 0.525. The van der Waals surface area contributed by atoms with Crippen LogP contribution in [0.5, 0.6) is 0 Å². The van der Waals surface area contributed by atoms with Gasteiger partial charge in [-0.15, -0.1) is 0 Å². The highest BCUT2D eigenvalue weighted by molar-refractivity contribution is 6.92. The number of hydrogen-bond donors (Lipinski definition) is 1. The van der Waals surface area contributed by atoms with Gasteiger partial charge >= 0.3 is 0 Å². The first-order valence-electron chi connectivity index (χ1n) is 0.756. The van der Waals surface area contributed by atoms with Gasteiger partial charge in [0.1, 0.15) is 0 Å². The van der Waals surface area contributed by atoms with Crippen molar-refractivity contribution < 1.29 is 8.95 Å². The summed E-state index contributed by atoms with van der Waals surface area (Å²) in [6.07, 6.45) is 0. The molecule has 0 aromatic rings. The summed E-state index contributed by atoms with van der Waals surface area (Å²) in [5.74, 6) is 0. The lowest BCUT2D eigenvalue weighted by Gasteiger charge is -1.46. The van der Waals surface area contributed by atoms with Crippen molar-refractivity contribution >= 4 is 33.6 Å². The van der Waals surface area contributed by atoms with Crippen LogP contribution in [0.4, 0.5) is 0 Å². The molecule has 0 fully saturated rings. The highest BCUT2D eigenvalue weighted by atomic mass is 35.6. The van der Waals surface area contributed by atoms with Gasteiger partial charge in [-0.25, -0.2) is 0 Å². The number of hydrogen-bond acceptors (Lipinski definition) is 2. The molecule has 0 bridgehead atoms. The predicted molar refractivity (Wildman–Crippen MR) is 32.0 cm³/mol. The molecule has 0 saturated carbocycles. The van der Waals surface area contributed by atoms with Crippen LogP contribution in [0.2, 0.25) is 0 Å². The molecule has 0 amide bonds. The number of aliphatic hydroxyl groups excluding tert-OH is 1. The van der Waals surface area contributed by atoms with E-state index in [-0.39, 0.29) is 9.90 Å². The fraction of sp³-hybridized carbons (Fsp3) is 1.00.